The molecular formula is C36H37Cl2N2NaO4. The van der Waals surface area contributed by atoms with Crippen molar-refractivity contribution >= 4 is 46.6 Å². The van der Waals surface area contributed by atoms with Crippen molar-refractivity contribution in [3.05, 3.63) is 80.7 Å². The number of nitrogens with one attached hydrogen (secondary N) is 1. The Labute approximate surface area is 297 Å². The van der Waals surface area contributed by atoms with E-state index >= 15 is 0 Å². The molecule has 0 aliphatic heterocycles. The Kier molecular flexibility index (Phi) is 9.66. The topological polar surface area (TPSA) is 98.4 Å². The molecule has 6 unspecified atom stereocenters. The second-order valence-corrected chi connectivity index (χ2v) is 14.2. The Morgan fingerprint density at radius 3 is 2.60 bits per heavy atom. The first-order valence-corrected chi connectivity index (χ1v) is 16.0. The zero-order valence-electron chi connectivity index (χ0n) is 26.3. The van der Waals surface area contributed by atoms with Crippen LogP contribution in [0.1, 0.15) is 79.6 Å². The molecule has 3 aromatic rings. The summed E-state index contributed by atoms with van der Waals surface area (Å²) in [7, 11) is 0. The van der Waals surface area contributed by atoms with E-state index < -0.39 is 11.6 Å². The third-order valence-corrected chi connectivity index (χ3v) is 12.2. The van der Waals surface area contributed by atoms with Crippen molar-refractivity contribution in [3.63, 3.8) is 0 Å². The van der Waals surface area contributed by atoms with Crippen LogP contribution in [-0.2, 0) is 6.42 Å². The number of carbonyl (C=O) groups excluding carboxylic acids is 1. The molecule has 2 N–H and O–H groups in total. The number of rotatable bonds is 3. The molecule has 3 fully saturated rings. The number of aromatic carboxylic acids is 1. The van der Waals surface area contributed by atoms with Crippen molar-refractivity contribution in [3.8, 4) is 12.3 Å². The number of para-hydroxylation sites is 1. The summed E-state index contributed by atoms with van der Waals surface area (Å²) >= 11 is 12.2. The first kappa shape index (κ1) is 34.1. The molecule has 2 aromatic carbocycles. The van der Waals surface area contributed by atoms with Crippen LogP contribution in [0.5, 0.6) is 0 Å². The molecule has 7 rings (SSSR count). The fourth-order valence-corrected chi connectivity index (χ4v) is 9.28. The van der Waals surface area contributed by atoms with Crippen molar-refractivity contribution in [1.82, 2.24) is 5.16 Å². The molecule has 3 saturated carbocycles. The monoisotopic (exact) mass is 654 g/mol. The van der Waals surface area contributed by atoms with Gasteiger partial charge in [-0.25, -0.2) is 0 Å². The van der Waals surface area contributed by atoms with Gasteiger partial charge in [0.2, 0.25) is 0 Å². The molecule has 45 heavy (non-hydrogen) atoms. The minimum Gasteiger partial charge on any atom is -0.545 e. The third kappa shape index (κ3) is 5.69. The maximum absolute atomic E-state index is 11.1. The summed E-state index contributed by atoms with van der Waals surface area (Å²) in [5, 5.41) is 29.9. The average Bonchev–Trinajstić information content (AvgIpc) is 3.57. The number of nitrogens with zero attached hydrogens (tertiary/aromatic N) is 1. The van der Waals surface area contributed by atoms with Crippen LogP contribution in [-0.4, -0.2) is 21.8 Å². The number of carboxylic acid groups (broad SMARTS) is 1. The second-order valence-electron chi connectivity index (χ2n) is 13.4. The number of allylic oxidation sites excluding steroid dienone is 1. The smallest absolute Gasteiger partial charge is 0.545 e. The number of carbonyl (C=O) groups is 1. The summed E-state index contributed by atoms with van der Waals surface area (Å²) in [6.45, 7) is 6.55. The number of aryl methyl sites for hydroxylation is 1. The number of hydrogen-bond acceptors (Lipinski definition) is 6. The van der Waals surface area contributed by atoms with Crippen LogP contribution in [0.4, 0.5) is 11.4 Å². The zero-order chi connectivity index (χ0) is 31.4. The summed E-state index contributed by atoms with van der Waals surface area (Å²) in [6, 6.07) is 9.91. The Bertz CT molecular complexity index is 1700. The molecule has 6 nitrogen and oxygen atoms in total. The van der Waals surface area contributed by atoms with Gasteiger partial charge >= 0.3 is 29.6 Å². The predicted octanol–water partition coefficient (Wildman–Crippen LogP) is 4.63. The van der Waals surface area contributed by atoms with E-state index in [0.29, 0.717) is 39.2 Å². The van der Waals surface area contributed by atoms with Gasteiger partial charge in [0, 0.05) is 22.2 Å². The van der Waals surface area contributed by atoms with Crippen molar-refractivity contribution in [2.75, 3.05) is 5.32 Å². The summed E-state index contributed by atoms with van der Waals surface area (Å²) in [5.41, 5.74) is 3.76. The molecule has 0 spiro atoms. The largest absolute Gasteiger partial charge is 1.00 e. The Balaban J connectivity index is 0.000000181. The summed E-state index contributed by atoms with van der Waals surface area (Å²) in [6.07, 6.45) is 17.4. The molecule has 0 amide bonds. The van der Waals surface area contributed by atoms with E-state index in [9.17, 15) is 15.0 Å². The predicted molar refractivity (Wildman–Crippen MR) is 172 cm³/mol. The van der Waals surface area contributed by atoms with Crippen LogP contribution in [0.25, 0.3) is 6.08 Å². The van der Waals surface area contributed by atoms with Crippen LogP contribution in [0.2, 0.25) is 10.0 Å². The number of carboxylic acids is 1. The molecule has 9 heteroatoms. The van der Waals surface area contributed by atoms with E-state index in [0.717, 1.165) is 49.8 Å². The van der Waals surface area contributed by atoms with Crippen molar-refractivity contribution in [1.29, 1.82) is 0 Å². The SMILES string of the molecule is C#CC1(O)CCC2C3CCC4=Cc5oncc5CC4(C)C3CCC21C.Cc1ccc(Cl)c(Nc2ccccc2C(=O)[O-])c1Cl.[Na+]. The van der Waals surface area contributed by atoms with Crippen LogP contribution >= 0.6 is 23.2 Å². The van der Waals surface area contributed by atoms with E-state index in [-0.39, 0.29) is 46.0 Å². The van der Waals surface area contributed by atoms with Gasteiger partial charge in [-0.1, -0.05) is 78.0 Å². The van der Waals surface area contributed by atoms with Crippen LogP contribution in [0.15, 0.2) is 52.7 Å². The van der Waals surface area contributed by atoms with E-state index in [2.05, 4.69) is 36.3 Å². The number of anilines is 2. The fourth-order valence-electron chi connectivity index (χ4n) is 8.81. The van der Waals surface area contributed by atoms with Gasteiger partial charge in [-0.05, 0) is 98.8 Å². The van der Waals surface area contributed by atoms with Gasteiger partial charge in [-0.15, -0.1) is 6.42 Å². The molecule has 0 radical (unpaired) electrons. The third-order valence-electron chi connectivity index (χ3n) is 11.4. The van der Waals surface area contributed by atoms with E-state index in [1.54, 1.807) is 35.9 Å². The Morgan fingerprint density at radius 2 is 1.87 bits per heavy atom. The van der Waals surface area contributed by atoms with Gasteiger partial charge in [0.05, 0.1) is 27.9 Å². The van der Waals surface area contributed by atoms with E-state index in [1.165, 1.54) is 18.1 Å². The molecular weight excluding hydrogens is 618 g/mol. The minimum absolute atomic E-state index is 0. The van der Waals surface area contributed by atoms with Crippen molar-refractivity contribution in [2.24, 2.45) is 28.6 Å². The normalized spacial score (nSPS) is 30.9. The maximum Gasteiger partial charge on any atom is 1.00 e. The molecule has 230 valence electrons. The average molecular weight is 656 g/mol. The number of halogens is 2. The molecule has 6 atom stereocenters. The number of terminal acetylenes is 1. The van der Waals surface area contributed by atoms with Crippen LogP contribution in [0, 0.1) is 47.9 Å². The number of aliphatic hydroxyl groups is 1. The fraction of sp³-hybridized carbons (Fsp3) is 0.444. The molecule has 1 heterocycles. The molecule has 1 aromatic heterocycles. The molecule has 0 bridgehead atoms. The van der Waals surface area contributed by atoms with Crippen LogP contribution < -0.4 is 40.0 Å². The minimum atomic E-state index is -1.26. The van der Waals surface area contributed by atoms with Gasteiger partial charge in [-0.2, -0.15) is 0 Å². The van der Waals surface area contributed by atoms with Gasteiger partial charge in [0.1, 0.15) is 5.60 Å². The Hall–Kier alpha value is -2.24. The van der Waals surface area contributed by atoms with Crippen LogP contribution in [0.3, 0.4) is 0 Å². The second kappa shape index (κ2) is 12.8. The molecule has 4 aliphatic carbocycles. The maximum atomic E-state index is 11.1. The van der Waals surface area contributed by atoms with E-state index in [1.807, 2.05) is 13.1 Å². The Morgan fingerprint density at radius 1 is 1.13 bits per heavy atom. The van der Waals surface area contributed by atoms with Gasteiger partial charge in [0.25, 0.3) is 0 Å². The standard InChI is InChI=1S/C22H27NO2.C14H11Cl2NO2.Na/c1-4-22(24)10-8-18-16-6-5-15-11-19-14(13-23-25-19)12-20(15,2)17(16)7-9-21(18,22)3;1-8-6-7-10(15)13(12(8)16)17-11-5-3-2-4-9(11)14(18)19;/h1,11,13,16-18,24H,5-10,12H2,2-3H3;2-7,17H,1H3,(H,18,19);/q;;+1/p-1. The number of aromatic nitrogens is 1. The first-order valence-electron chi connectivity index (χ1n) is 15.3. The summed E-state index contributed by atoms with van der Waals surface area (Å²) < 4.78 is 5.43. The zero-order valence-corrected chi connectivity index (χ0v) is 29.8. The first-order chi connectivity index (χ1) is 20.9. The molecule has 0 saturated heterocycles. The van der Waals surface area contributed by atoms with Crippen molar-refractivity contribution in [2.45, 2.75) is 71.3 Å². The summed E-state index contributed by atoms with van der Waals surface area (Å²) in [4.78, 5) is 11.0. The number of benzene rings is 2. The molecule has 4 aliphatic rings. The quantitative estimate of drug-likeness (QED) is 0.316. The number of fused-ring (bicyclic) bond motifs is 6. The van der Waals surface area contributed by atoms with Crippen molar-refractivity contribution < 1.29 is 49.1 Å². The number of hydrogen-bond donors (Lipinski definition) is 2. The summed E-state index contributed by atoms with van der Waals surface area (Å²) in [5.74, 6) is 4.38. The van der Waals surface area contributed by atoms with Gasteiger partial charge < -0.3 is 24.8 Å². The van der Waals surface area contributed by atoms with Gasteiger partial charge in [-0.3, -0.25) is 0 Å². The van der Waals surface area contributed by atoms with E-state index in [4.69, 9.17) is 34.1 Å². The van der Waals surface area contributed by atoms with Gasteiger partial charge in [0.15, 0.2) is 5.76 Å².